The van der Waals surface area contributed by atoms with Crippen LogP contribution in [0.5, 0.6) is 0 Å². The van der Waals surface area contributed by atoms with Gasteiger partial charge in [0, 0.05) is 13.1 Å². The van der Waals surface area contributed by atoms with Crippen LogP contribution < -0.4 is 10.6 Å². The average molecular weight is 234 g/mol. The molecule has 17 heavy (non-hydrogen) atoms. The van der Waals surface area contributed by atoms with E-state index in [2.05, 4.69) is 34.2 Å². The number of nitrogens with zero attached hydrogens (tertiary/aromatic N) is 3. The summed E-state index contributed by atoms with van der Waals surface area (Å²) >= 11 is 0. The van der Waals surface area contributed by atoms with Gasteiger partial charge in [-0.25, -0.2) is 0 Å². The maximum absolute atomic E-state index is 5.74. The molecule has 0 spiro atoms. The molecule has 0 aliphatic carbocycles. The van der Waals surface area contributed by atoms with E-state index in [0.717, 1.165) is 44.0 Å². The van der Waals surface area contributed by atoms with Crippen LogP contribution in [-0.4, -0.2) is 29.8 Å². The minimum absolute atomic E-state index is 0.612. The van der Waals surface area contributed by atoms with Crippen LogP contribution in [0.4, 0.5) is 5.82 Å². The van der Waals surface area contributed by atoms with E-state index in [9.17, 15) is 0 Å². The lowest BCUT2D eigenvalue weighted by Crippen LogP contribution is -2.38. The smallest absolute Gasteiger partial charge is 0.151 e. The minimum atomic E-state index is 0.612. The molecule has 0 bridgehead atoms. The molecular weight excluding hydrogens is 212 g/mol. The molecule has 1 saturated heterocycles. The summed E-state index contributed by atoms with van der Waals surface area (Å²) in [5.41, 5.74) is 6.83. The second-order valence-corrected chi connectivity index (χ2v) is 4.82. The molecule has 1 aromatic heterocycles. The van der Waals surface area contributed by atoms with Gasteiger partial charge in [0.15, 0.2) is 5.82 Å². The molecule has 0 radical (unpaired) electrons. The second kappa shape index (κ2) is 5.96. The van der Waals surface area contributed by atoms with Gasteiger partial charge in [0.1, 0.15) is 0 Å². The number of aromatic nitrogens is 2. The van der Waals surface area contributed by atoms with E-state index in [1.54, 1.807) is 0 Å². The normalized spacial score (nSPS) is 20.6. The van der Waals surface area contributed by atoms with Crippen LogP contribution in [0.25, 0.3) is 0 Å². The van der Waals surface area contributed by atoms with Crippen molar-refractivity contribution in [1.29, 1.82) is 0 Å². The topological polar surface area (TPSA) is 55.0 Å². The van der Waals surface area contributed by atoms with Crippen LogP contribution in [-0.2, 0) is 6.42 Å². The van der Waals surface area contributed by atoms with Crippen LogP contribution in [0.15, 0.2) is 12.1 Å². The maximum Gasteiger partial charge on any atom is 0.151 e. The van der Waals surface area contributed by atoms with Gasteiger partial charge < -0.3 is 10.6 Å². The van der Waals surface area contributed by atoms with Crippen molar-refractivity contribution in [3.8, 4) is 0 Å². The van der Waals surface area contributed by atoms with Crippen molar-refractivity contribution >= 4 is 5.82 Å². The van der Waals surface area contributed by atoms with Gasteiger partial charge in [-0.1, -0.05) is 13.3 Å². The number of anilines is 1. The standard InChI is InChI=1S/C13H22N4/c1-2-4-12-6-7-13(16-15-12)17-8-3-5-11(9-14)10-17/h6-7,11H,2-5,8-10,14H2,1H3. The van der Waals surface area contributed by atoms with Crippen LogP contribution in [0.1, 0.15) is 31.9 Å². The van der Waals surface area contributed by atoms with Gasteiger partial charge in [0.05, 0.1) is 5.69 Å². The summed E-state index contributed by atoms with van der Waals surface area (Å²) in [5, 5.41) is 8.60. The summed E-state index contributed by atoms with van der Waals surface area (Å²) in [4.78, 5) is 2.31. The summed E-state index contributed by atoms with van der Waals surface area (Å²) in [7, 11) is 0. The lowest BCUT2D eigenvalue weighted by Gasteiger charge is -2.32. The largest absolute Gasteiger partial charge is 0.355 e. The van der Waals surface area contributed by atoms with Gasteiger partial charge >= 0.3 is 0 Å². The van der Waals surface area contributed by atoms with Crippen molar-refractivity contribution in [2.24, 2.45) is 11.7 Å². The number of hydrogen-bond acceptors (Lipinski definition) is 4. The molecule has 2 rings (SSSR count). The first-order chi connectivity index (χ1) is 8.33. The van der Waals surface area contributed by atoms with E-state index >= 15 is 0 Å². The third-order valence-corrected chi connectivity index (χ3v) is 3.39. The molecule has 1 fully saturated rings. The number of piperidine rings is 1. The monoisotopic (exact) mass is 234 g/mol. The Morgan fingerprint density at radius 1 is 1.41 bits per heavy atom. The maximum atomic E-state index is 5.74. The Bertz CT molecular complexity index is 336. The van der Waals surface area contributed by atoms with Gasteiger partial charge in [-0.15, -0.1) is 5.10 Å². The Kier molecular flexibility index (Phi) is 4.31. The number of nitrogens with two attached hydrogens (primary N) is 1. The molecule has 0 aromatic carbocycles. The molecule has 1 unspecified atom stereocenters. The summed E-state index contributed by atoms with van der Waals surface area (Å²) in [5.74, 6) is 1.61. The molecule has 4 heteroatoms. The quantitative estimate of drug-likeness (QED) is 0.860. The lowest BCUT2D eigenvalue weighted by molar-refractivity contribution is 0.421. The van der Waals surface area contributed by atoms with E-state index < -0.39 is 0 Å². The van der Waals surface area contributed by atoms with Crippen molar-refractivity contribution < 1.29 is 0 Å². The van der Waals surface area contributed by atoms with Gasteiger partial charge in [0.25, 0.3) is 0 Å². The van der Waals surface area contributed by atoms with Gasteiger partial charge in [-0.05, 0) is 43.9 Å². The van der Waals surface area contributed by atoms with Gasteiger partial charge in [-0.2, -0.15) is 5.10 Å². The predicted octanol–water partition coefficient (Wildman–Crippen LogP) is 1.60. The Hall–Kier alpha value is -1.16. The van der Waals surface area contributed by atoms with Gasteiger partial charge in [-0.3, -0.25) is 0 Å². The first kappa shape index (κ1) is 12.3. The SMILES string of the molecule is CCCc1ccc(N2CCCC(CN)C2)nn1. The molecule has 2 N–H and O–H groups in total. The average Bonchev–Trinajstić information content (AvgIpc) is 2.40. The van der Waals surface area contributed by atoms with Crippen LogP contribution in [0.3, 0.4) is 0 Å². The summed E-state index contributed by atoms with van der Waals surface area (Å²) in [6.07, 6.45) is 4.58. The van der Waals surface area contributed by atoms with Crippen molar-refractivity contribution in [3.63, 3.8) is 0 Å². The summed E-state index contributed by atoms with van der Waals surface area (Å²) < 4.78 is 0. The molecule has 2 heterocycles. The molecule has 94 valence electrons. The van der Waals surface area contributed by atoms with Crippen molar-refractivity contribution in [2.75, 3.05) is 24.5 Å². The van der Waals surface area contributed by atoms with Crippen LogP contribution in [0.2, 0.25) is 0 Å². The van der Waals surface area contributed by atoms with E-state index in [1.165, 1.54) is 12.8 Å². The Labute approximate surface area is 103 Å². The van der Waals surface area contributed by atoms with Gasteiger partial charge in [0.2, 0.25) is 0 Å². The van der Waals surface area contributed by atoms with Crippen molar-refractivity contribution in [2.45, 2.75) is 32.6 Å². The van der Waals surface area contributed by atoms with Crippen molar-refractivity contribution in [3.05, 3.63) is 17.8 Å². The molecule has 1 aliphatic heterocycles. The minimum Gasteiger partial charge on any atom is -0.355 e. The third kappa shape index (κ3) is 3.16. The molecule has 1 aliphatic rings. The highest BCUT2D eigenvalue weighted by atomic mass is 15.3. The predicted molar refractivity (Wildman–Crippen MR) is 70.0 cm³/mol. The summed E-state index contributed by atoms with van der Waals surface area (Å²) in [6, 6.07) is 4.19. The zero-order valence-electron chi connectivity index (χ0n) is 10.6. The Morgan fingerprint density at radius 3 is 2.94 bits per heavy atom. The fourth-order valence-corrected chi connectivity index (χ4v) is 2.38. The van der Waals surface area contributed by atoms with Crippen LogP contribution >= 0.6 is 0 Å². The van der Waals surface area contributed by atoms with E-state index in [-0.39, 0.29) is 0 Å². The zero-order valence-corrected chi connectivity index (χ0v) is 10.6. The fourth-order valence-electron chi connectivity index (χ4n) is 2.38. The lowest BCUT2D eigenvalue weighted by atomic mass is 9.98. The van der Waals surface area contributed by atoms with E-state index in [1.807, 2.05) is 0 Å². The third-order valence-electron chi connectivity index (χ3n) is 3.39. The molecule has 0 amide bonds. The number of rotatable bonds is 4. The second-order valence-electron chi connectivity index (χ2n) is 4.82. The first-order valence-corrected chi connectivity index (χ1v) is 6.61. The first-order valence-electron chi connectivity index (χ1n) is 6.61. The van der Waals surface area contributed by atoms with E-state index in [4.69, 9.17) is 5.73 Å². The molecule has 1 aromatic rings. The molecule has 1 atom stereocenters. The van der Waals surface area contributed by atoms with Crippen molar-refractivity contribution in [1.82, 2.24) is 10.2 Å². The highest BCUT2D eigenvalue weighted by Crippen LogP contribution is 2.20. The highest BCUT2D eigenvalue weighted by Gasteiger charge is 2.19. The Morgan fingerprint density at radius 2 is 2.29 bits per heavy atom. The number of aryl methyl sites for hydroxylation is 1. The Balaban J connectivity index is 2.01. The highest BCUT2D eigenvalue weighted by molar-refractivity contribution is 5.37. The molecular formula is C13H22N4. The zero-order chi connectivity index (χ0) is 12.1. The van der Waals surface area contributed by atoms with Crippen LogP contribution in [0, 0.1) is 5.92 Å². The summed E-state index contributed by atoms with van der Waals surface area (Å²) in [6.45, 7) is 5.04. The van der Waals surface area contributed by atoms with E-state index in [0.29, 0.717) is 5.92 Å². The fraction of sp³-hybridized carbons (Fsp3) is 0.692. The number of hydrogen-bond donors (Lipinski definition) is 1. The molecule has 0 saturated carbocycles. The molecule has 4 nitrogen and oxygen atoms in total.